The van der Waals surface area contributed by atoms with E-state index < -0.39 is 91.3 Å². The average Bonchev–Trinajstić information content (AvgIpc) is 3.12. The molecular weight excluding hydrogens is 817 g/mol. The standard InChI is InChI=1S/C35H53O19P3/c1-3-5-7-9-11-12-13-14-15-16-18-20-22-24-29(37)51-27(25-49-28(36)23-21-19-17-10-8-6-4-2)26-50-57(47,48)54-35-31(39)33(52-55(41,42)43)30(38)34(32(35)40)53-56(44,45)46/h27,30-35,38-40H,3,5,7,9,11-16,18,20,22,24-26H2,1-2H3,(H,47,48)(H2,41,42,43)(H2,44,45,46)/t27-,30?,31-,32?,33-,34+,35?/m1/s1. The van der Waals surface area contributed by atoms with E-state index in [-0.39, 0.29) is 6.42 Å². The maximum absolute atomic E-state index is 13.0. The topological polar surface area (TPSA) is 303 Å². The largest absolute Gasteiger partial charge is 0.472 e. The third-order valence-corrected chi connectivity index (χ3v) is 10.0. The lowest BCUT2D eigenvalue weighted by molar-refractivity contribution is -0.213. The molecule has 0 heterocycles. The first-order valence-corrected chi connectivity index (χ1v) is 22.8. The van der Waals surface area contributed by atoms with Gasteiger partial charge in [0.05, 0.1) is 6.61 Å². The van der Waals surface area contributed by atoms with Gasteiger partial charge in [0.2, 0.25) is 0 Å². The van der Waals surface area contributed by atoms with E-state index in [0.29, 0.717) is 12.8 Å². The van der Waals surface area contributed by atoms with Crippen LogP contribution < -0.4 is 0 Å². The number of hydrogen-bond acceptors (Lipinski definition) is 14. The molecule has 0 aliphatic heterocycles. The van der Waals surface area contributed by atoms with E-state index in [1.165, 1.54) is 44.9 Å². The molecular formula is C35H53O19P3. The fourth-order valence-electron chi connectivity index (χ4n) is 5.34. The summed E-state index contributed by atoms with van der Waals surface area (Å²) >= 11 is 0. The molecule has 0 aromatic heterocycles. The first-order valence-electron chi connectivity index (χ1n) is 18.3. The van der Waals surface area contributed by atoms with Crippen molar-refractivity contribution in [2.45, 2.75) is 146 Å². The number of phosphoric acid groups is 3. The lowest BCUT2D eigenvalue weighted by Gasteiger charge is -2.44. The minimum atomic E-state index is -5.57. The maximum atomic E-state index is 13.0. The van der Waals surface area contributed by atoms with Crippen LogP contribution in [0.5, 0.6) is 0 Å². The molecule has 0 spiro atoms. The van der Waals surface area contributed by atoms with Crippen LogP contribution in [0.2, 0.25) is 0 Å². The van der Waals surface area contributed by atoms with Crippen molar-refractivity contribution in [2.24, 2.45) is 0 Å². The van der Waals surface area contributed by atoms with Crippen LogP contribution in [-0.2, 0) is 50.9 Å². The van der Waals surface area contributed by atoms with Crippen molar-refractivity contribution in [1.29, 1.82) is 0 Å². The molecule has 1 saturated carbocycles. The second-order valence-electron chi connectivity index (χ2n) is 12.8. The molecule has 0 amide bonds. The molecule has 1 aliphatic rings. The van der Waals surface area contributed by atoms with Crippen molar-refractivity contribution in [2.75, 3.05) is 13.2 Å². The van der Waals surface area contributed by atoms with Gasteiger partial charge in [-0.3, -0.25) is 22.9 Å². The maximum Gasteiger partial charge on any atom is 0.472 e. The third-order valence-electron chi connectivity index (χ3n) is 8.00. The van der Waals surface area contributed by atoms with E-state index in [0.717, 1.165) is 25.7 Å². The molecule has 22 heteroatoms. The predicted octanol–water partition coefficient (Wildman–Crippen LogP) is 2.51. The molecule has 4 unspecified atom stereocenters. The van der Waals surface area contributed by atoms with Crippen LogP contribution in [0.3, 0.4) is 0 Å². The monoisotopic (exact) mass is 870 g/mol. The quantitative estimate of drug-likeness (QED) is 0.0204. The van der Waals surface area contributed by atoms with Gasteiger partial charge in [0.25, 0.3) is 0 Å². The van der Waals surface area contributed by atoms with Gasteiger partial charge in [-0.15, -0.1) is 0 Å². The average molecular weight is 871 g/mol. The predicted molar refractivity (Wildman–Crippen MR) is 200 cm³/mol. The molecule has 0 bridgehead atoms. The van der Waals surface area contributed by atoms with Crippen molar-refractivity contribution in [3.63, 3.8) is 0 Å². The van der Waals surface area contributed by atoms with E-state index in [4.69, 9.17) is 18.5 Å². The third kappa shape index (κ3) is 24.8. The highest BCUT2D eigenvalue weighted by atomic mass is 31.2. The summed E-state index contributed by atoms with van der Waals surface area (Å²) in [5.41, 5.74) is 0. The van der Waals surface area contributed by atoms with Crippen molar-refractivity contribution in [3.8, 4) is 47.4 Å². The van der Waals surface area contributed by atoms with Crippen LogP contribution in [0.1, 0.15) is 104 Å². The van der Waals surface area contributed by atoms with E-state index in [9.17, 15) is 63.1 Å². The zero-order chi connectivity index (χ0) is 42.9. The van der Waals surface area contributed by atoms with E-state index in [1.807, 2.05) is 5.92 Å². The number of hydrogen-bond donors (Lipinski definition) is 8. The van der Waals surface area contributed by atoms with Crippen molar-refractivity contribution < 1.29 is 90.6 Å². The van der Waals surface area contributed by atoms with Crippen LogP contribution in [0.15, 0.2) is 0 Å². The van der Waals surface area contributed by atoms with Gasteiger partial charge in [-0.25, -0.2) is 18.5 Å². The molecule has 57 heavy (non-hydrogen) atoms. The zero-order valence-corrected chi connectivity index (χ0v) is 34.4. The van der Waals surface area contributed by atoms with Crippen LogP contribution in [0, 0.1) is 47.4 Å². The van der Waals surface area contributed by atoms with Gasteiger partial charge in [-0.2, -0.15) is 0 Å². The van der Waals surface area contributed by atoms with Gasteiger partial charge in [0, 0.05) is 12.3 Å². The molecule has 322 valence electrons. The Bertz CT molecular complexity index is 1610. The van der Waals surface area contributed by atoms with Gasteiger partial charge in [0.15, 0.2) is 6.10 Å². The number of esters is 2. The number of ether oxygens (including phenoxy) is 2. The highest BCUT2D eigenvalue weighted by molar-refractivity contribution is 7.47. The summed E-state index contributed by atoms with van der Waals surface area (Å²) in [7, 11) is -16.7. The molecule has 19 nitrogen and oxygen atoms in total. The SMILES string of the molecule is CC#CC#CC#CC#CC(=O)OC[C@H](COP(=O)(O)OC1C(O)[C@@H](OP(=O)(O)O)C(O)[C@@H](OP(=O)(O)O)[C@H]1O)OC(=O)CCCCCCCCCCCCCCC. The Morgan fingerprint density at radius 3 is 1.47 bits per heavy atom. The Hall–Kier alpha value is -2.61. The smallest absolute Gasteiger partial charge is 0.456 e. The van der Waals surface area contributed by atoms with Gasteiger partial charge < -0.3 is 49.3 Å². The molecule has 0 aromatic carbocycles. The summed E-state index contributed by atoms with van der Waals surface area (Å²) < 4.78 is 64.3. The van der Waals surface area contributed by atoms with Gasteiger partial charge in [0.1, 0.15) is 43.2 Å². The van der Waals surface area contributed by atoms with Crippen molar-refractivity contribution in [3.05, 3.63) is 0 Å². The fraction of sp³-hybridized carbons (Fsp3) is 0.714. The minimum absolute atomic E-state index is 0.0704. The molecule has 1 fully saturated rings. The lowest BCUT2D eigenvalue weighted by atomic mass is 9.85. The summed E-state index contributed by atoms with van der Waals surface area (Å²) in [4.78, 5) is 72.1. The van der Waals surface area contributed by atoms with Gasteiger partial charge >= 0.3 is 35.4 Å². The Morgan fingerprint density at radius 1 is 0.596 bits per heavy atom. The summed E-state index contributed by atoms with van der Waals surface area (Å²) in [6.07, 6.45) is -2.85. The number of phosphoric ester groups is 3. The summed E-state index contributed by atoms with van der Waals surface area (Å²) in [5.74, 6) is 16.6. The molecule has 0 aromatic rings. The highest BCUT2D eigenvalue weighted by Gasteiger charge is 2.56. The van der Waals surface area contributed by atoms with E-state index >= 15 is 0 Å². The molecule has 8 atom stereocenters. The first kappa shape index (κ1) is 52.4. The number of carbonyl (C=O) groups excluding carboxylic acids is 2. The van der Waals surface area contributed by atoms with Crippen LogP contribution in [0.4, 0.5) is 0 Å². The molecule has 1 rings (SSSR count). The lowest BCUT2D eigenvalue weighted by Crippen LogP contribution is -2.65. The van der Waals surface area contributed by atoms with Crippen LogP contribution >= 0.6 is 23.5 Å². The summed E-state index contributed by atoms with van der Waals surface area (Å²) in [6.45, 7) is 1.96. The molecule has 0 saturated heterocycles. The Kier molecular flexibility index (Phi) is 25.7. The summed E-state index contributed by atoms with van der Waals surface area (Å²) in [6, 6.07) is 0. The fourth-order valence-corrected chi connectivity index (χ4v) is 7.45. The first-order chi connectivity index (χ1) is 26.8. The second-order valence-corrected chi connectivity index (χ2v) is 16.5. The Labute approximate surface area is 332 Å². The minimum Gasteiger partial charge on any atom is -0.456 e. The van der Waals surface area contributed by atoms with Crippen molar-refractivity contribution >= 4 is 35.4 Å². The van der Waals surface area contributed by atoms with Crippen LogP contribution in [-0.4, -0.2) is 108 Å². The Morgan fingerprint density at radius 2 is 1.02 bits per heavy atom. The number of unbranched alkanes of at least 4 members (excludes halogenated alkanes) is 12. The van der Waals surface area contributed by atoms with E-state index in [1.54, 1.807) is 6.92 Å². The second kappa shape index (κ2) is 28.0. The highest BCUT2D eigenvalue weighted by Crippen LogP contribution is 2.51. The summed E-state index contributed by atoms with van der Waals surface area (Å²) in [5, 5.41) is 31.6. The van der Waals surface area contributed by atoms with E-state index in [2.05, 4.69) is 57.4 Å². The number of rotatable bonds is 26. The normalized spacial score (nSPS) is 22.1. The Balaban J connectivity index is 2.93. The zero-order valence-electron chi connectivity index (χ0n) is 31.8. The van der Waals surface area contributed by atoms with Crippen molar-refractivity contribution in [1.82, 2.24) is 0 Å². The number of aliphatic hydroxyl groups is 3. The number of aliphatic hydroxyl groups excluding tert-OH is 3. The molecule has 8 N–H and O–H groups in total. The molecule has 1 aliphatic carbocycles. The van der Waals surface area contributed by atoms with Crippen LogP contribution in [0.25, 0.3) is 0 Å². The van der Waals surface area contributed by atoms with Gasteiger partial charge in [-0.05, 0) is 48.9 Å². The number of carbonyl (C=O) groups is 2. The van der Waals surface area contributed by atoms with Gasteiger partial charge in [-0.1, -0.05) is 89.9 Å². The molecule has 0 radical (unpaired) electrons.